The van der Waals surface area contributed by atoms with Gasteiger partial charge in [-0.05, 0) is 30.9 Å². The Bertz CT molecular complexity index is 736. The number of quaternary nitrogens is 1. The van der Waals surface area contributed by atoms with Crippen LogP contribution >= 0.6 is 12.4 Å². The van der Waals surface area contributed by atoms with Gasteiger partial charge in [-0.3, -0.25) is 4.79 Å². The van der Waals surface area contributed by atoms with Crippen LogP contribution in [0, 0.1) is 0 Å². The van der Waals surface area contributed by atoms with Crippen LogP contribution in [-0.4, -0.2) is 52.6 Å². The second-order valence-electron chi connectivity index (χ2n) is 6.78. The molecule has 2 rings (SSSR count). The normalized spacial score (nSPS) is 17.7. The quantitative estimate of drug-likeness (QED) is 0.385. The first-order valence-electron chi connectivity index (χ1n) is 9.36. The van der Waals surface area contributed by atoms with Crippen LogP contribution in [0.3, 0.4) is 0 Å². The minimum atomic E-state index is -0.928. The molecule has 0 saturated carbocycles. The minimum absolute atomic E-state index is 0. The predicted molar refractivity (Wildman–Crippen MR) is 111 cm³/mol. The largest absolute Gasteiger partial charge is 0.477 e. The molecule has 154 valence electrons. The number of amides is 1. The first kappa shape index (κ1) is 23.8. The summed E-state index contributed by atoms with van der Waals surface area (Å²) in [6.45, 7) is 2.58. The number of benzene rings is 1. The van der Waals surface area contributed by atoms with Crippen LogP contribution in [0.5, 0.6) is 0 Å². The molecule has 28 heavy (non-hydrogen) atoms. The van der Waals surface area contributed by atoms with Gasteiger partial charge in [0, 0.05) is 12.3 Å². The van der Waals surface area contributed by atoms with Crippen molar-refractivity contribution in [3.8, 4) is 0 Å². The molecule has 8 heteroatoms. The lowest BCUT2D eigenvalue weighted by Crippen LogP contribution is -2.44. The minimum Gasteiger partial charge on any atom is -0.477 e. The van der Waals surface area contributed by atoms with Gasteiger partial charge >= 0.3 is 5.97 Å². The van der Waals surface area contributed by atoms with Gasteiger partial charge < -0.3 is 15.5 Å². The van der Waals surface area contributed by atoms with E-state index in [0.29, 0.717) is 18.7 Å². The number of unbranched alkanes of at least 4 members (excludes halogenated alkanes) is 3. The smallest absolute Gasteiger partial charge is 0.360 e. The van der Waals surface area contributed by atoms with Crippen molar-refractivity contribution in [1.82, 2.24) is 0 Å². The number of halogens is 1. The summed E-state index contributed by atoms with van der Waals surface area (Å²) in [5, 5.41) is 21.2. The summed E-state index contributed by atoms with van der Waals surface area (Å²) in [6, 6.07) is 7.27. The number of carboxylic acid groups (broad SMARTS) is 1. The van der Waals surface area contributed by atoms with Crippen LogP contribution in [0.15, 0.2) is 41.2 Å². The summed E-state index contributed by atoms with van der Waals surface area (Å²) >= 11 is 0. The number of aliphatic hydroxyl groups is 1. The van der Waals surface area contributed by atoms with Gasteiger partial charge in [-0.1, -0.05) is 38.0 Å². The molecule has 1 heterocycles. The molecule has 1 atom stereocenters. The third kappa shape index (κ3) is 6.74. The average Bonchev–Trinajstić information content (AvgIpc) is 3.04. The maximum Gasteiger partial charge on any atom is 0.360 e. The summed E-state index contributed by atoms with van der Waals surface area (Å²) in [7, 11) is 0. The number of anilines is 1. The van der Waals surface area contributed by atoms with Gasteiger partial charge in [-0.25, -0.2) is 9.28 Å². The molecule has 3 N–H and O–H groups in total. The Hall–Kier alpha value is -2.22. The SMILES string of the molecule is CCCCCC[N+]1(CC(=O)O)C=NC(C(=O)Nc2ccccc2CCO)=C1.Cl. The Balaban J connectivity index is 0.00000392. The first-order valence-corrected chi connectivity index (χ1v) is 9.36. The third-order valence-corrected chi connectivity index (χ3v) is 4.54. The van der Waals surface area contributed by atoms with E-state index >= 15 is 0 Å². The summed E-state index contributed by atoms with van der Waals surface area (Å²) in [6.07, 6.45) is 7.71. The van der Waals surface area contributed by atoms with E-state index in [4.69, 9.17) is 5.11 Å². The van der Waals surface area contributed by atoms with Crippen LogP contribution in [0.25, 0.3) is 0 Å². The number of hydrogen-bond acceptors (Lipinski definition) is 4. The van der Waals surface area contributed by atoms with Crippen molar-refractivity contribution >= 4 is 36.3 Å². The molecule has 1 aromatic carbocycles. The van der Waals surface area contributed by atoms with Crippen molar-refractivity contribution in [2.45, 2.75) is 39.0 Å². The maximum atomic E-state index is 12.6. The number of aliphatic carboxylic acids is 1. The summed E-state index contributed by atoms with van der Waals surface area (Å²) < 4.78 is 0.0556. The van der Waals surface area contributed by atoms with E-state index in [2.05, 4.69) is 17.2 Å². The van der Waals surface area contributed by atoms with Gasteiger partial charge in [0.15, 0.2) is 18.6 Å². The van der Waals surface area contributed by atoms with Crippen LogP contribution in [0.4, 0.5) is 5.69 Å². The second kappa shape index (κ2) is 11.6. The lowest BCUT2D eigenvalue weighted by molar-refractivity contribution is -0.771. The third-order valence-electron chi connectivity index (χ3n) is 4.54. The fraction of sp³-hybridized carbons (Fsp3) is 0.450. The molecule has 1 unspecified atom stereocenters. The Morgan fingerprint density at radius 3 is 2.61 bits per heavy atom. The molecule has 1 aliphatic heterocycles. The van der Waals surface area contributed by atoms with Crippen LogP contribution in [-0.2, 0) is 16.0 Å². The summed E-state index contributed by atoms with van der Waals surface area (Å²) in [5.41, 5.74) is 1.67. The number of carbonyl (C=O) groups is 2. The van der Waals surface area contributed by atoms with Crippen molar-refractivity contribution in [3.63, 3.8) is 0 Å². The van der Waals surface area contributed by atoms with Gasteiger partial charge in [0.2, 0.25) is 0 Å². The number of para-hydroxylation sites is 1. The Labute approximate surface area is 171 Å². The van der Waals surface area contributed by atoms with E-state index in [-0.39, 0.29) is 41.6 Å². The standard InChI is InChI=1S/C20H27N3O4.ClH/c1-2-3-4-7-11-23(14-19(25)26)13-18(21-15-23)20(27)22-17-9-6-5-8-16(17)10-12-24;/h5-6,8-9,13,15,24H,2-4,7,10-12,14H2,1H3,(H-,22,25,26,27);1H/p+1. The predicted octanol–water partition coefficient (Wildman–Crippen LogP) is 2.95. The molecule has 7 nitrogen and oxygen atoms in total. The molecule has 0 radical (unpaired) electrons. The zero-order chi connectivity index (χ0) is 19.7. The Morgan fingerprint density at radius 2 is 1.93 bits per heavy atom. The Morgan fingerprint density at radius 1 is 1.18 bits per heavy atom. The monoisotopic (exact) mass is 410 g/mol. The highest BCUT2D eigenvalue weighted by molar-refractivity contribution is 6.05. The van der Waals surface area contributed by atoms with Gasteiger partial charge in [-0.2, -0.15) is 4.99 Å². The van der Waals surface area contributed by atoms with Gasteiger partial charge in [0.25, 0.3) is 5.91 Å². The van der Waals surface area contributed by atoms with E-state index in [1.54, 1.807) is 24.7 Å². The van der Waals surface area contributed by atoms with E-state index < -0.39 is 5.97 Å². The maximum absolute atomic E-state index is 12.6. The molecule has 0 fully saturated rings. The van der Waals surface area contributed by atoms with E-state index in [1.165, 1.54) is 0 Å². The molecule has 0 saturated heterocycles. The van der Waals surface area contributed by atoms with Crippen LogP contribution < -0.4 is 5.32 Å². The number of hydrogen-bond donors (Lipinski definition) is 3. The number of aliphatic imine (C=N–C) groups is 1. The Kier molecular flexibility index (Phi) is 9.85. The van der Waals surface area contributed by atoms with E-state index in [0.717, 1.165) is 31.2 Å². The van der Waals surface area contributed by atoms with Crippen LogP contribution in [0.2, 0.25) is 0 Å². The number of aliphatic hydroxyl groups excluding tert-OH is 1. The van der Waals surface area contributed by atoms with Gasteiger partial charge in [0.05, 0.1) is 6.54 Å². The molecule has 0 aromatic heterocycles. The molecule has 1 aromatic rings. The summed E-state index contributed by atoms with van der Waals surface area (Å²) in [5.74, 6) is -1.31. The highest BCUT2D eigenvalue weighted by atomic mass is 35.5. The molecule has 1 amide bonds. The number of carbonyl (C=O) groups excluding carboxylic acids is 1. The summed E-state index contributed by atoms with van der Waals surface area (Å²) in [4.78, 5) is 28.1. The molecule has 0 bridgehead atoms. The topological polar surface area (TPSA) is 99.0 Å². The zero-order valence-electron chi connectivity index (χ0n) is 16.1. The van der Waals surface area contributed by atoms with Crippen molar-refractivity contribution in [2.75, 3.05) is 25.0 Å². The molecular formula is C20H29ClN3O4+. The lowest BCUT2D eigenvalue weighted by atomic mass is 10.1. The van der Waals surface area contributed by atoms with Crippen molar-refractivity contribution in [2.24, 2.45) is 4.99 Å². The first-order chi connectivity index (χ1) is 13.0. The molecule has 0 aliphatic carbocycles. The fourth-order valence-corrected chi connectivity index (χ4v) is 3.14. The zero-order valence-corrected chi connectivity index (χ0v) is 17.0. The van der Waals surface area contributed by atoms with Crippen molar-refractivity contribution in [3.05, 3.63) is 41.7 Å². The highest BCUT2D eigenvalue weighted by Gasteiger charge is 2.34. The molecular weight excluding hydrogens is 382 g/mol. The van der Waals surface area contributed by atoms with Gasteiger partial charge in [-0.15, -0.1) is 12.4 Å². The molecule has 0 spiro atoms. The number of carboxylic acids is 1. The van der Waals surface area contributed by atoms with Gasteiger partial charge in [0.1, 0.15) is 6.20 Å². The number of rotatable bonds is 11. The van der Waals surface area contributed by atoms with Crippen LogP contribution in [0.1, 0.15) is 38.2 Å². The highest BCUT2D eigenvalue weighted by Crippen LogP contribution is 2.22. The van der Waals surface area contributed by atoms with E-state index in [1.807, 2.05) is 12.1 Å². The van der Waals surface area contributed by atoms with Crippen molar-refractivity contribution in [1.29, 1.82) is 0 Å². The van der Waals surface area contributed by atoms with Crippen molar-refractivity contribution < 1.29 is 24.3 Å². The number of nitrogens with zero attached hydrogens (tertiary/aromatic N) is 2. The second-order valence-corrected chi connectivity index (χ2v) is 6.78. The lowest BCUT2D eigenvalue weighted by Gasteiger charge is -2.25. The average molecular weight is 411 g/mol. The molecule has 1 aliphatic rings. The fourth-order valence-electron chi connectivity index (χ4n) is 3.14. The number of nitrogens with one attached hydrogen (secondary N) is 1. The van der Waals surface area contributed by atoms with E-state index in [9.17, 15) is 14.7 Å².